The molecule has 0 N–H and O–H groups in total. The normalized spacial score (nSPS) is 16.9. The minimum Gasteiger partial charge on any atom is -0.497 e. The standard InChI is InChI=1S/C36H45N7O5/c1-36(2,3)48-35(45)42-17-15-41(16-18-42)27-8-11-29(37-22-27)30-21-31-33(40(4)24-38-31)34(39-30)47-19-13-26-20-32(44)43(23-26)14-12-25-6-9-28(46-5)10-7-25/h6-11,21-22,24,26H,12-20,23H2,1-5H3. The number of hydrogen-bond donors (Lipinski definition) is 0. The Labute approximate surface area is 281 Å². The lowest BCUT2D eigenvalue weighted by Crippen LogP contribution is -2.50. The van der Waals surface area contributed by atoms with E-state index in [0.29, 0.717) is 57.3 Å². The van der Waals surface area contributed by atoms with Crippen LogP contribution < -0.4 is 14.4 Å². The number of ether oxygens (including phenoxy) is 3. The second kappa shape index (κ2) is 14.1. The van der Waals surface area contributed by atoms with Crippen LogP contribution in [0.15, 0.2) is 55.0 Å². The van der Waals surface area contributed by atoms with Crippen LogP contribution in [0.25, 0.3) is 22.4 Å². The number of amides is 2. The van der Waals surface area contributed by atoms with Crippen LogP contribution in [0.4, 0.5) is 10.5 Å². The molecule has 1 aromatic carbocycles. The molecule has 0 aliphatic carbocycles. The van der Waals surface area contributed by atoms with Gasteiger partial charge in [-0.15, -0.1) is 0 Å². The van der Waals surface area contributed by atoms with Crippen LogP contribution in [0.2, 0.25) is 0 Å². The van der Waals surface area contributed by atoms with Gasteiger partial charge in [-0.25, -0.2) is 14.8 Å². The van der Waals surface area contributed by atoms with Crippen LogP contribution >= 0.6 is 0 Å². The molecule has 0 saturated carbocycles. The van der Waals surface area contributed by atoms with Gasteiger partial charge in [-0.05, 0) is 75.4 Å². The minimum atomic E-state index is -0.511. The van der Waals surface area contributed by atoms with Crippen LogP contribution in [-0.4, -0.2) is 99.9 Å². The first-order valence-electron chi connectivity index (χ1n) is 16.6. The van der Waals surface area contributed by atoms with Crippen LogP contribution in [-0.2, 0) is 23.0 Å². The molecule has 0 bridgehead atoms. The summed E-state index contributed by atoms with van der Waals surface area (Å²) in [5, 5.41) is 0. The number of carbonyl (C=O) groups is 2. The molecule has 3 aromatic heterocycles. The first-order chi connectivity index (χ1) is 23.1. The van der Waals surface area contributed by atoms with E-state index < -0.39 is 5.60 Å². The van der Waals surface area contributed by atoms with Crippen molar-refractivity contribution in [2.24, 2.45) is 13.0 Å². The van der Waals surface area contributed by atoms with Crippen LogP contribution in [0, 0.1) is 5.92 Å². The van der Waals surface area contributed by atoms with E-state index in [0.717, 1.165) is 47.6 Å². The zero-order valence-corrected chi connectivity index (χ0v) is 28.5. The zero-order chi connectivity index (χ0) is 33.8. The fraction of sp³-hybridized carbons (Fsp3) is 0.472. The first kappa shape index (κ1) is 33.0. The second-order valence-electron chi connectivity index (χ2n) is 13.5. The predicted octanol–water partition coefficient (Wildman–Crippen LogP) is 4.96. The van der Waals surface area contributed by atoms with Gasteiger partial charge >= 0.3 is 6.09 Å². The number of pyridine rings is 2. The maximum atomic E-state index is 12.7. The highest BCUT2D eigenvalue weighted by atomic mass is 16.6. The molecular weight excluding hydrogens is 610 g/mol. The third-order valence-electron chi connectivity index (χ3n) is 8.86. The van der Waals surface area contributed by atoms with Gasteiger partial charge in [0, 0.05) is 52.7 Å². The Balaban J connectivity index is 1.05. The van der Waals surface area contributed by atoms with Crippen molar-refractivity contribution in [3.63, 3.8) is 0 Å². The molecule has 4 aromatic rings. The summed E-state index contributed by atoms with van der Waals surface area (Å²) >= 11 is 0. The van der Waals surface area contributed by atoms with Gasteiger partial charge in [-0.1, -0.05) is 12.1 Å². The zero-order valence-electron chi connectivity index (χ0n) is 28.5. The summed E-state index contributed by atoms with van der Waals surface area (Å²) in [7, 11) is 3.58. The summed E-state index contributed by atoms with van der Waals surface area (Å²) in [6.45, 7) is 10.1. The lowest BCUT2D eigenvalue weighted by atomic mass is 10.1. The molecular formula is C36H45N7O5. The van der Waals surface area contributed by atoms with Crippen LogP contribution in [0.5, 0.6) is 11.6 Å². The topological polar surface area (TPSA) is 115 Å². The highest BCUT2D eigenvalue weighted by Gasteiger charge is 2.29. The van der Waals surface area contributed by atoms with Gasteiger partial charge in [-0.2, -0.15) is 0 Å². The Hall–Kier alpha value is -4.87. The van der Waals surface area contributed by atoms with Crippen molar-refractivity contribution in [2.75, 3.05) is 57.9 Å². The van der Waals surface area contributed by atoms with Gasteiger partial charge in [-0.3, -0.25) is 9.78 Å². The van der Waals surface area contributed by atoms with Gasteiger partial charge in [0.1, 0.15) is 16.9 Å². The van der Waals surface area contributed by atoms with E-state index >= 15 is 0 Å². The molecule has 1 unspecified atom stereocenters. The lowest BCUT2D eigenvalue weighted by molar-refractivity contribution is -0.127. The molecule has 2 aliphatic heterocycles. The smallest absolute Gasteiger partial charge is 0.410 e. The fourth-order valence-electron chi connectivity index (χ4n) is 6.21. The highest BCUT2D eigenvalue weighted by Crippen LogP contribution is 2.30. The Morgan fingerprint density at radius 2 is 1.77 bits per heavy atom. The fourth-order valence-corrected chi connectivity index (χ4v) is 6.21. The van der Waals surface area contributed by atoms with E-state index in [1.165, 1.54) is 5.56 Å². The predicted molar refractivity (Wildman–Crippen MR) is 183 cm³/mol. The quantitative estimate of drug-likeness (QED) is 0.234. The lowest BCUT2D eigenvalue weighted by Gasteiger charge is -2.36. The number of rotatable bonds is 10. The molecule has 12 heteroatoms. The summed E-state index contributed by atoms with van der Waals surface area (Å²) in [6, 6.07) is 13.9. The van der Waals surface area contributed by atoms with E-state index in [2.05, 4.69) is 9.88 Å². The number of benzene rings is 1. The second-order valence-corrected chi connectivity index (χ2v) is 13.5. The molecule has 2 fully saturated rings. The molecule has 5 heterocycles. The van der Waals surface area contributed by atoms with Gasteiger partial charge in [0.2, 0.25) is 11.8 Å². The molecule has 2 saturated heterocycles. The number of carbonyl (C=O) groups excluding carboxylic acids is 2. The molecule has 6 rings (SSSR count). The third kappa shape index (κ3) is 7.80. The number of likely N-dealkylation sites (tertiary alicyclic amines) is 1. The monoisotopic (exact) mass is 655 g/mol. The van der Waals surface area contributed by atoms with Crippen molar-refractivity contribution in [1.29, 1.82) is 0 Å². The average Bonchev–Trinajstić information content (AvgIpc) is 3.64. The average molecular weight is 656 g/mol. The number of aromatic nitrogens is 4. The number of nitrogens with zero attached hydrogens (tertiary/aromatic N) is 7. The van der Waals surface area contributed by atoms with Crippen molar-refractivity contribution >= 4 is 28.7 Å². The van der Waals surface area contributed by atoms with Crippen molar-refractivity contribution in [1.82, 2.24) is 29.3 Å². The maximum Gasteiger partial charge on any atom is 0.410 e. The molecule has 2 amide bonds. The van der Waals surface area contributed by atoms with E-state index in [1.54, 1.807) is 18.3 Å². The minimum absolute atomic E-state index is 0.196. The van der Waals surface area contributed by atoms with E-state index in [1.807, 2.05) is 85.9 Å². The Bertz CT molecular complexity index is 1720. The summed E-state index contributed by atoms with van der Waals surface area (Å²) < 4.78 is 19.0. The number of hydrogen-bond acceptors (Lipinski definition) is 9. The summed E-state index contributed by atoms with van der Waals surface area (Å²) in [6.07, 6.45) is 5.43. The van der Waals surface area contributed by atoms with Gasteiger partial charge in [0.25, 0.3) is 0 Å². The Morgan fingerprint density at radius 1 is 1.00 bits per heavy atom. The molecule has 2 aliphatic rings. The van der Waals surface area contributed by atoms with Crippen molar-refractivity contribution < 1.29 is 23.8 Å². The highest BCUT2D eigenvalue weighted by molar-refractivity contribution is 5.84. The molecule has 0 spiro atoms. The number of methoxy groups -OCH3 is 1. The SMILES string of the molecule is COc1ccc(CCN2CC(CCOc3nc(-c4ccc(N5CCN(C(=O)OC(C)(C)C)CC5)cn4)cc4ncn(C)c34)CC2=O)cc1. The number of fused-ring (bicyclic) bond motifs is 1. The Kier molecular flexibility index (Phi) is 9.70. The first-order valence-corrected chi connectivity index (χ1v) is 16.6. The van der Waals surface area contributed by atoms with Crippen LogP contribution in [0.3, 0.4) is 0 Å². The summed E-state index contributed by atoms with van der Waals surface area (Å²) in [5.41, 5.74) is 4.66. The Morgan fingerprint density at radius 3 is 2.46 bits per heavy atom. The largest absolute Gasteiger partial charge is 0.497 e. The molecule has 12 nitrogen and oxygen atoms in total. The molecule has 1 atom stereocenters. The van der Waals surface area contributed by atoms with Gasteiger partial charge in [0.15, 0.2) is 0 Å². The number of piperazine rings is 1. The van der Waals surface area contributed by atoms with E-state index in [-0.39, 0.29) is 17.9 Å². The van der Waals surface area contributed by atoms with Gasteiger partial charge < -0.3 is 33.5 Å². The van der Waals surface area contributed by atoms with Gasteiger partial charge in [0.05, 0.1) is 48.8 Å². The third-order valence-corrected chi connectivity index (χ3v) is 8.86. The number of anilines is 1. The van der Waals surface area contributed by atoms with Crippen molar-refractivity contribution in [3.05, 3.63) is 60.6 Å². The molecule has 254 valence electrons. The molecule has 48 heavy (non-hydrogen) atoms. The maximum absolute atomic E-state index is 12.7. The van der Waals surface area contributed by atoms with Crippen molar-refractivity contribution in [2.45, 2.75) is 45.6 Å². The van der Waals surface area contributed by atoms with Crippen LogP contribution in [0.1, 0.15) is 39.2 Å². The van der Waals surface area contributed by atoms with E-state index in [9.17, 15) is 9.59 Å². The summed E-state index contributed by atoms with van der Waals surface area (Å²) in [5.74, 6) is 1.77. The van der Waals surface area contributed by atoms with Crippen molar-refractivity contribution in [3.8, 4) is 23.0 Å². The van der Waals surface area contributed by atoms with E-state index in [4.69, 9.17) is 24.2 Å². The molecule has 0 radical (unpaired) electrons. The summed E-state index contributed by atoms with van der Waals surface area (Å²) in [4.78, 5) is 45.3. The number of aryl methyl sites for hydroxylation is 1. The number of imidazole rings is 1.